The number of carbonyl (C=O) groups excluding carboxylic acids is 2. The summed E-state index contributed by atoms with van der Waals surface area (Å²) in [6.45, 7) is 0. The number of amides is 2. The van der Waals surface area contributed by atoms with Gasteiger partial charge in [0.1, 0.15) is 11.2 Å². The molecule has 0 unspecified atom stereocenters. The van der Waals surface area contributed by atoms with Gasteiger partial charge in [-0.1, -0.05) is 0 Å². The molecule has 1 heterocycles. The number of nitrogens with two attached hydrogens (primary N) is 1. The molecule has 2 amide bonds. The largest absolute Gasteiger partial charge is 0.364 e. The van der Waals surface area contributed by atoms with E-state index in [1.54, 1.807) is 0 Å². The molecule has 1 saturated carbocycles. The highest BCUT2D eigenvalue weighted by Crippen LogP contribution is 2.35. The SMILES string of the molecule is N#CC1(NC(=O)[CH]CCC(F)(F)c2ccnc(C(N)=O)c2)CC1. The number of nitrogens with zero attached hydrogens (tertiary/aromatic N) is 2. The monoisotopic (exact) mass is 321 g/mol. The van der Waals surface area contributed by atoms with Gasteiger partial charge in [-0.25, -0.2) is 8.78 Å². The second-order valence-electron chi connectivity index (χ2n) is 5.42. The maximum atomic E-state index is 14.1. The summed E-state index contributed by atoms with van der Waals surface area (Å²) in [7, 11) is 0. The van der Waals surface area contributed by atoms with Crippen molar-refractivity contribution in [3.63, 3.8) is 0 Å². The molecule has 0 atom stereocenters. The van der Waals surface area contributed by atoms with Gasteiger partial charge in [-0.05, 0) is 31.4 Å². The standard InChI is InChI=1S/C15H15F2N4O2/c16-15(17,10-3-7-20-11(8-10)13(19)23)4-1-2-12(22)21-14(9-18)5-6-14/h2-3,7-8H,1,4-6H2,(H2,19,23)(H,21,22). The van der Waals surface area contributed by atoms with Crippen LogP contribution in [0.2, 0.25) is 0 Å². The Balaban J connectivity index is 1.89. The van der Waals surface area contributed by atoms with Gasteiger partial charge in [-0.3, -0.25) is 14.6 Å². The first-order valence-corrected chi connectivity index (χ1v) is 6.99. The van der Waals surface area contributed by atoms with E-state index in [4.69, 9.17) is 11.0 Å². The Morgan fingerprint density at radius 1 is 1.52 bits per heavy atom. The Kier molecular flexibility index (Phi) is 4.59. The number of primary amides is 1. The third kappa shape index (κ3) is 4.22. The van der Waals surface area contributed by atoms with E-state index in [0.29, 0.717) is 12.8 Å². The van der Waals surface area contributed by atoms with Crippen LogP contribution in [0, 0.1) is 17.8 Å². The van der Waals surface area contributed by atoms with Crippen LogP contribution in [0.25, 0.3) is 0 Å². The topological polar surface area (TPSA) is 109 Å². The number of alkyl halides is 2. The Labute approximate surface area is 131 Å². The quantitative estimate of drug-likeness (QED) is 0.791. The van der Waals surface area contributed by atoms with E-state index in [9.17, 15) is 18.4 Å². The molecular formula is C15H15F2N4O2. The number of halogens is 2. The van der Waals surface area contributed by atoms with E-state index in [0.717, 1.165) is 24.8 Å². The van der Waals surface area contributed by atoms with Gasteiger partial charge in [0.05, 0.1) is 6.07 Å². The van der Waals surface area contributed by atoms with Gasteiger partial charge in [0.2, 0.25) is 5.91 Å². The number of nitrogens with one attached hydrogen (secondary N) is 1. The highest BCUT2D eigenvalue weighted by atomic mass is 19.3. The summed E-state index contributed by atoms with van der Waals surface area (Å²) in [6, 6.07) is 4.02. The van der Waals surface area contributed by atoms with Crippen molar-refractivity contribution in [2.45, 2.75) is 37.1 Å². The lowest BCUT2D eigenvalue weighted by molar-refractivity contribution is -0.118. The van der Waals surface area contributed by atoms with Gasteiger partial charge in [0, 0.05) is 24.6 Å². The number of hydrogen-bond acceptors (Lipinski definition) is 4. The number of pyridine rings is 1. The molecule has 1 aromatic heterocycles. The van der Waals surface area contributed by atoms with E-state index in [1.165, 1.54) is 0 Å². The molecule has 0 aliphatic heterocycles. The van der Waals surface area contributed by atoms with Gasteiger partial charge in [-0.2, -0.15) is 5.26 Å². The molecule has 23 heavy (non-hydrogen) atoms. The average molecular weight is 321 g/mol. The maximum absolute atomic E-state index is 14.1. The lowest BCUT2D eigenvalue weighted by Crippen LogP contribution is -2.35. The van der Waals surface area contributed by atoms with Crippen molar-refractivity contribution in [2.24, 2.45) is 5.73 Å². The lowest BCUT2D eigenvalue weighted by atomic mass is 10.0. The first kappa shape index (κ1) is 16.8. The predicted octanol–water partition coefficient (Wildman–Crippen LogP) is 1.43. The van der Waals surface area contributed by atoms with Gasteiger partial charge in [0.15, 0.2) is 0 Å². The Bertz CT molecular complexity index is 666. The third-order valence-electron chi connectivity index (χ3n) is 3.55. The van der Waals surface area contributed by atoms with Crippen LogP contribution >= 0.6 is 0 Å². The van der Waals surface area contributed by atoms with Crippen molar-refractivity contribution in [3.8, 4) is 6.07 Å². The molecule has 1 fully saturated rings. The summed E-state index contributed by atoms with van der Waals surface area (Å²) < 4.78 is 28.2. The molecule has 121 valence electrons. The summed E-state index contributed by atoms with van der Waals surface area (Å²) in [4.78, 5) is 26.2. The molecule has 8 heteroatoms. The summed E-state index contributed by atoms with van der Waals surface area (Å²) in [5.74, 6) is -4.65. The van der Waals surface area contributed by atoms with Crippen molar-refractivity contribution >= 4 is 11.8 Å². The number of nitriles is 1. The fourth-order valence-corrected chi connectivity index (χ4v) is 2.00. The summed E-state index contributed by atoms with van der Waals surface area (Å²) in [5, 5.41) is 11.3. The van der Waals surface area contributed by atoms with Crippen LogP contribution in [-0.2, 0) is 10.7 Å². The van der Waals surface area contributed by atoms with Gasteiger partial charge < -0.3 is 11.1 Å². The molecule has 2 rings (SSSR count). The molecule has 1 aliphatic carbocycles. The first-order chi connectivity index (χ1) is 10.8. The maximum Gasteiger partial charge on any atom is 0.273 e. The predicted molar refractivity (Wildman–Crippen MR) is 75.9 cm³/mol. The molecule has 0 saturated heterocycles. The Morgan fingerprint density at radius 3 is 2.78 bits per heavy atom. The van der Waals surface area contributed by atoms with Crippen LogP contribution in [0.15, 0.2) is 18.3 Å². The van der Waals surface area contributed by atoms with Gasteiger partial charge in [-0.15, -0.1) is 0 Å². The van der Waals surface area contributed by atoms with E-state index < -0.39 is 29.7 Å². The smallest absolute Gasteiger partial charge is 0.273 e. The van der Waals surface area contributed by atoms with E-state index in [1.807, 2.05) is 6.07 Å². The van der Waals surface area contributed by atoms with Gasteiger partial charge >= 0.3 is 0 Å². The lowest BCUT2D eigenvalue weighted by Gasteiger charge is -2.17. The highest BCUT2D eigenvalue weighted by molar-refractivity contribution is 5.90. The van der Waals surface area contributed by atoms with Crippen molar-refractivity contribution < 1.29 is 18.4 Å². The molecule has 0 bridgehead atoms. The van der Waals surface area contributed by atoms with E-state index in [2.05, 4.69) is 10.3 Å². The molecule has 0 aromatic carbocycles. The number of rotatable bonds is 7. The molecule has 1 aromatic rings. The Morgan fingerprint density at radius 2 is 2.22 bits per heavy atom. The van der Waals surface area contributed by atoms with Crippen molar-refractivity contribution in [2.75, 3.05) is 0 Å². The van der Waals surface area contributed by atoms with Gasteiger partial charge in [0.25, 0.3) is 11.8 Å². The van der Waals surface area contributed by atoms with Crippen molar-refractivity contribution in [1.29, 1.82) is 5.26 Å². The summed E-state index contributed by atoms with van der Waals surface area (Å²) in [6.07, 6.45) is 2.56. The molecule has 0 spiro atoms. The summed E-state index contributed by atoms with van der Waals surface area (Å²) >= 11 is 0. The number of hydrogen-bond donors (Lipinski definition) is 2. The first-order valence-electron chi connectivity index (χ1n) is 6.99. The fourth-order valence-electron chi connectivity index (χ4n) is 2.00. The third-order valence-corrected chi connectivity index (χ3v) is 3.55. The van der Waals surface area contributed by atoms with Crippen molar-refractivity contribution in [3.05, 3.63) is 36.0 Å². The molecule has 6 nitrogen and oxygen atoms in total. The molecule has 1 radical (unpaired) electrons. The molecule has 1 aliphatic rings. The van der Waals surface area contributed by atoms with Crippen LogP contribution in [-0.4, -0.2) is 22.3 Å². The van der Waals surface area contributed by atoms with Crippen LogP contribution < -0.4 is 11.1 Å². The zero-order valence-corrected chi connectivity index (χ0v) is 12.2. The zero-order valence-electron chi connectivity index (χ0n) is 12.2. The molecular weight excluding hydrogens is 306 g/mol. The average Bonchev–Trinajstić information content (AvgIpc) is 3.27. The van der Waals surface area contributed by atoms with Crippen LogP contribution in [0.4, 0.5) is 8.78 Å². The summed E-state index contributed by atoms with van der Waals surface area (Å²) in [5.41, 5.74) is 3.56. The van der Waals surface area contributed by atoms with E-state index in [-0.39, 0.29) is 17.7 Å². The second-order valence-corrected chi connectivity index (χ2v) is 5.42. The molecule has 3 N–H and O–H groups in total. The number of carbonyl (C=O) groups is 2. The fraction of sp³-hybridized carbons (Fsp3) is 0.400. The minimum absolute atomic E-state index is 0.172. The van der Waals surface area contributed by atoms with Crippen molar-refractivity contribution in [1.82, 2.24) is 10.3 Å². The Hall–Kier alpha value is -2.56. The second kappa shape index (κ2) is 6.28. The normalized spacial score (nSPS) is 15.5. The zero-order chi connectivity index (χ0) is 17.1. The van der Waals surface area contributed by atoms with Crippen LogP contribution in [0.1, 0.15) is 41.7 Å². The number of aromatic nitrogens is 1. The van der Waals surface area contributed by atoms with Crippen LogP contribution in [0.3, 0.4) is 0 Å². The van der Waals surface area contributed by atoms with E-state index >= 15 is 0 Å². The minimum Gasteiger partial charge on any atom is -0.364 e. The minimum atomic E-state index is -3.23. The highest BCUT2D eigenvalue weighted by Gasteiger charge is 2.44. The van der Waals surface area contributed by atoms with Crippen LogP contribution in [0.5, 0.6) is 0 Å².